The second-order valence-electron chi connectivity index (χ2n) is 3.93. The van der Waals surface area contributed by atoms with Crippen molar-refractivity contribution in [3.8, 4) is 0 Å². The van der Waals surface area contributed by atoms with E-state index in [1.165, 1.54) is 12.1 Å². The molecule has 0 aromatic heterocycles. The van der Waals surface area contributed by atoms with Gasteiger partial charge in [-0.3, -0.25) is 9.59 Å². The van der Waals surface area contributed by atoms with E-state index in [0.717, 1.165) is 7.11 Å². The van der Waals surface area contributed by atoms with Crippen molar-refractivity contribution in [2.24, 2.45) is 0 Å². The topological polar surface area (TPSA) is 97.7 Å². The van der Waals surface area contributed by atoms with Gasteiger partial charge in [0.2, 0.25) is 0 Å². The van der Waals surface area contributed by atoms with Crippen molar-refractivity contribution >= 4 is 21.8 Å². The fourth-order valence-corrected chi connectivity index (χ4v) is 2.98. The first-order valence-electron chi connectivity index (χ1n) is 5.40. The van der Waals surface area contributed by atoms with Gasteiger partial charge in [-0.05, 0) is 5.56 Å². The van der Waals surface area contributed by atoms with Gasteiger partial charge in [-0.25, -0.2) is 8.42 Å². The van der Waals surface area contributed by atoms with Gasteiger partial charge in [-0.15, -0.1) is 0 Å². The Hall–Kier alpha value is -1.89. The molecule has 0 amide bonds. The molecule has 1 rings (SSSR count). The largest absolute Gasteiger partial charge is 0.481 e. The molecule has 0 saturated heterocycles. The molecule has 0 aliphatic heterocycles. The van der Waals surface area contributed by atoms with Crippen molar-refractivity contribution in [1.29, 1.82) is 0 Å². The van der Waals surface area contributed by atoms with E-state index in [2.05, 4.69) is 4.74 Å². The molecular weight excluding hydrogens is 272 g/mol. The third-order valence-electron chi connectivity index (χ3n) is 2.49. The summed E-state index contributed by atoms with van der Waals surface area (Å²) in [6, 6.07) is 8.01. The molecule has 0 bridgehead atoms. The highest BCUT2D eigenvalue weighted by Crippen LogP contribution is 2.18. The summed E-state index contributed by atoms with van der Waals surface area (Å²) >= 11 is 0. The number of rotatable bonds is 6. The molecule has 1 aromatic rings. The van der Waals surface area contributed by atoms with Crippen LogP contribution in [0.5, 0.6) is 0 Å². The zero-order chi connectivity index (χ0) is 14.5. The fourth-order valence-electron chi connectivity index (χ4n) is 1.55. The Labute approximate surface area is 110 Å². The van der Waals surface area contributed by atoms with Gasteiger partial charge in [0.1, 0.15) is 5.75 Å². The first kappa shape index (κ1) is 15.2. The van der Waals surface area contributed by atoms with E-state index in [1.807, 2.05) is 0 Å². The van der Waals surface area contributed by atoms with Crippen molar-refractivity contribution in [2.75, 3.05) is 18.6 Å². The summed E-state index contributed by atoms with van der Waals surface area (Å²) in [5, 5.41) is 9.10. The van der Waals surface area contributed by atoms with Crippen LogP contribution in [-0.2, 0) is 24.2 Å². The SMILES string of the molecule is COC(=O)CS(=O)(=O)CC(C(=O)O)c1ccccc1. The fraction of sp³-hybridized carbons (Fsp3) is 0.333. The van der Waals surface area contributed by atoms with E-state index < -0.39 is 39.2 Å². The van der Waals surface area contributed by atoms with Gasteiger partial charge in [0.25, 0.3) is 0 Å². The lowest BCUT2D eigenvalue weighted by atomic mass is 10.0. The molecule has 1 aromatic carbocycles. The van der Waals surface area contributed by atoms with Crippen LogP contribution in [0.1, 0.15) is 11.5 Å². The molecular formula is C12H14O6S. The highest BCUT2D eigenvalue weighted by Gasteiger charge is 2.28. The Kier molecular flexibility index (Phi) is 5.05. The zero-order valence-corrected chi connectivity index (χ0v) is 11.1. The summed E-state index contributed by atoms with van der Waals surface area (Å²) in [6.07, 6.45) is 0. The molecule has 0 spiro atoms. The molecule has 0 radical (unpaired) electrons. The van der Waals surface area contributed by atoms with E-state index in [4.69, 9.17) is 5.11 Å². The lowest BCUT2D eigenvalue weighted by molar-refractivity contribution is -0.139. The highest BCUT2D eigenvalue weighted by molar-refractivity contribution is 7.92. The van der Waals surface area contributed by atoms with Crippen LogP contribution in [0, 0.1) is 0 Å². The van der Waals surface area contributed by atoms with E-state index in [0.29, 0.717) is 5.56 Å². The van der Waals surface area contributed by atoms with Crippen LogP contribution in [0.25, 0.3) is 0 Å². The quantitative estimate of drug-likeness (QED) is 0.762. The molecule has 6 nitrogen and oxygen atoms in total. The number of carboxylic acids is 1. The van der Waals surface area contributed by atoms with Gasteiger partial charge in [0.15, 0.2) is 9.84 Å². The number of aliphatic carboxylic acids is 1. The number of esters is 1. The van der Waals surface area contributed by atoms with Crippen LogP contribution < -0.4 is 0 Å². The van der Waals surface area contributed by atoms with E-state index in [9.17, 15) is 18.0 Å². The van der Waals surface area contributed by atoms with Crippen LogP contribution in [0.15, 0.2) is 30.3 Å². The Morgan fingerprint density at radius 1 is 1.26 bits per heavy atom. The number of benzene rings is 1. The standard InChI is InChI=1S/C12H14O6S/c1-18-11(13)8-19(16,17)7-10(12(14)15)9-5-3-2-4-6-9/h2-6,10H,7-8H2,1H3,(H,14,15). The molecule has 1 N–H and O–H groups in total. The van der Waals surface area contributed by atoms with Crippen molar-refractivity contribution < 1.29 is 27.9 Å². The highest BCUT2D eigenvalue weighted by atomic mass is 32.2. The number of hydrogen-bond donors (Lipinski definition) is 1. The lowest BCUT2D eigenvalue weighted by Crippen LogP contribution is -2.27. The summed E-state index contributed by atoms with van der Waals surface area (Å²) in [5.74, 6) is -4.81. The first-order valence-corrected chi connectivity index (χ1v) is 7.23. The molecule has 0 heterocycles. The molecule has 0 aliphatic carbocycles. The van der Waals surface area contributed by atoms with Gasteiger partial charge in [-0.2, -0.15) is 0 Å². The van der Waals surface area contributed by atoms with E-state index in [1.54, 1.807) is 18.2 Å². The molecule has 104 valence electrons. The summed E-state index contributed by atoms with van der Waals surface area (Å²) in [6.45, 7) is 0. The molecule has 0 fully saturated rings. The van der Waals surface area contributed by atoms with E-state index >= 15 is 0 Å². The molecule has 7 heteroatoms. The normalized spacial score (nSPS) is 12.7. The molecule has 19 heavy (non-hydrogen) atoms. The molecule has 1 unspecified atom stereocenters. The second kappa shape index (κ2) is 6.33. The number of sulfone groups is 1. The monoisotopic (exact) mass is 286 g/mol. The lowest BCUT2D eigenvalue weighted by Gasteiger charge is -2.12. The Bertz CT molecular complexity index is 549. The molecule has 0 aliphatic rings. The summed E-state index contributed by atoms with van der Waals surface area (Å²) in [4.78, 5) is 22.1. The average Bonchev–Trinajstić information content (AvgIpc) is 2.36. The first-order chi connectivity index (χ1) is 8.85. The number of ether oxygens (including phenoxy) is 1. The van der Waals surface area contributed by atoms with Crippen LogP contribution >= 0.6 is 0 Å². The zero-order valence-electron chi connectivity index (χ0n) is 10.3. The minimum atomic E-state index is -3.84. The van der Waals surface area contributed by atoms with Gasteiger partial charge in [-0.1, -0.05) is 30.3 Å². The number of carboxylic acid groups (broad SMARTS) is 1. The minimum absolute atomic E-state index is 0.378. The minimum Gasteiger partial charge on any atom is -0.481 e. The Morgan fingerprint density at radius 2 is 1.84 bits per heavy atom. The predicted molar refractivity (Wildman–Crippen MR) is 67.5 cm³/mol. The van der Waals surface area contributed by atoms with Crippen LogP contribution in [0.4, 0.5) is 0 Å². The van der Waals surface area contributed by atoms with Gasteiger partial charge in [0, 0.05) is 0 Å². The Balaban J connectivity index is 2.92. The van der Waals surface area contributed by atoms with Crippen molar-refractivity contribution in [3.63, 3.8) is 0 Å². The number of carbonyl (C=O) groups is 2. The number of hydrogen-bond acceptors (Lipinski definition) is 5. The number of carbonyl (C=O) groups excluding carboxylic acids is 1. The van der Waals surface area contributed by atoms with E-state index in [-0.39, 0.29) is 0 Å². The summed E-state index contributed by atoms with van der Waals surface area (Å²) < 4.78 is 27.7. The summed E-state index contributed by atoms with van der Waals surface area (Å²) in [7, 11) is -2.77. The third-order valence-corrected chi connectivity index (χ3v) is 4.00. The summed E-state index contributed by atoms with van der Waals surface area (Å²) in [5.41, 5.74) is 0.378. The van der Waals surface area contributed by atoms with Crippen LogP contribution in [0.3, 0.4) is 0 Å². The molecule has 1 atom stereocenters. The third kappa shape index (κ3) is 4.70. The predicted octanol–water partition coefficient (Wildman–Crippen LogP) is 0.443. The van der Waals surface area contributed by atoms with Gasteiger partial charge < -0.3 is 9.84 Å². The van der Waals surface area contributed by atoms with Crippen molar-refractivity contribution in [1.82, 2.24) is 0 Å². The van der Waals surface area contributed by atoms with Gasteiger partial charge in [0.05, 0.1) is 18.8 Å². The van der Waals surface area contributed by atoms with Gasteiger partial charge >= 0.3 is 11.9 Å². The van der Waals surface area contributed by atoms with Crippen molar-refractivity contribution in [3.05, 3.63) is 35.9 Å². The Morgan fingerprint density at radius 3 is 2.32 bits per heavy atom. The van der Waals surface area contributed by atoms with Crippen LogP contribution in [-0.4, -0.2) is 44.1 Å². The van der Waals surface area contributed by atoms with Crippen molar-refractivity contribution in [2.45, 2.75) is 5.92 Å². The maximum absolute atomic E-state index is 11.7. The smallest absolute Gasteiger partial charge is 0.320 e. The number of methoxy groups -OCH3 is 1. The van der Waals surface area contributed by atoms with Crippen LogP contribution in [0.2, 0.25) is 0 Å². The average molecular weight is 286 g/mol. The second-order valence-corrected chi connectivity index (χ2v) is 6.04. The molecule has 0 saturated carbocycles. The maximum Gasteiger partial charge on any atom is 0.320 e. The maximum atomic E-state index is 11.7.